The molecule has 0 amide bonds. The van der Waals surface area contributed by atoms with Crippen molar-refractivity contribution < 1.29 is 0 Å². The Kier molecular flexibility index (Phi) is 10.2. The maximum atomic E-state index is 9.64. The molecule has 0 aliphatic heterocycles. The summed E-state index contributed by atoms with van der Waals surface area (Å²) in [6, 6.07) is 89.1. The molecule has 9 aromatic carbocycles. The summed E-state index contributed by atoms with van der Waals surface area (Å²) in [6.45, 7) is 0. The van der Waals surface area contributed by atoms with E-state index < -0.39 is 8.07 Å². The zero-order chi connectivity index (χ0) is 39.2. The molecule has 0 saturated carbocycles. The Bertz CT molecular complexity index is 2640. The van der Waals surface area contributed by atoms with Crippen LogP contribution in [0.2, 0.25) is 0 Å². The van der Waals surface area contributed by atoms with Gasteiger partial charge in [0.05, 0.1) is 11.6 Å². The average Bonchev–Trinajstić information content (AvgIpc) is 3.32. The molecule has 0 bridgehead atoms. The van der Waals surface area contributed by atoms with Crippen molar-refractivity contribution in [3.05, 3.63) is 248 Å². The lowest BCUT2D eigenvalue weighted by Gasteiger charge is -2.34. The number of nitrogens with zero attached hydrogens (tertiary/aromatic N) is 2. The van der Waals surface area contributed by atoms with Crippen molar-refractivity contribution in [2.24, 2.45) is 0 Å². The maximum absolute atomic E-state index is 9.64. The van der Waals surface area contributed by atoms with Crippen molar-refractivity contribution in [1.82, 2.24) is 0 Å². The van der Waals surface area contributed by atoms with Gasteiger partial charge in [0.15, 0.2) is 8.07 Å². The fraction of sp³-hybridized carbons (Fsp3) is 0. The summed E-state index contributed by atoms with van der Waals surface area (Å²) in [4.78, 5) is 2.33. The molecule has 0 aromatic heterocycles. The second-order valence-electron chi connectivity index (χ2n) is 14.5. The quantitative estimate of drug-likeness (QED) is 0.103. The van der Waals surface area contributed by atoms with E-state index in [1.165, 1.54) is 43.0 Å². The van der Waals surface area contributed by atoms with Crippen molar-refractivity contribution >= 4 is 45.9 Å². The van der Waals surface area contributed by atoms with E-state index in [9.17, 15) is 5.26 Å². The number of hydrogen-bond donors (Lipinski definition) is 0. The minimum Gasteiger partial charge on any atom is -0.311 e. The molecular weight excluding hydrogens is 717 g/mol. The molecule has 9 rings (SSSR count). The van der Waals surface area contributed by atoms with Crippen LogP contribution in [-0.2, 0) is 0 Å². The van der Waals surface area contributed by atoms with Crippen LogP contribution in [0.3, 0.4) is 0 Å². The van der Waals surface area contributed by atoms with Crippen LogP contribution >= 0.6 is 0 Å². The van der Waals surface area contributed by atoms with Gasteiger partial charge in [-0.3, -0.25) is 0 Å². The van der Waals surface area contributed by atoms with E-state index in [0.29, 0.717) is 5.56 Å². The largest absolute Gasteiger partial charge is 0.311 e. The van der Waals surface area contributed by atoms with Crippen LogP contribution in [0.4, 0.5) is 17.1 Å². The highest BCUT2D eigenvalue weighted by Crippen LogP contribution is 2.37. The number of benzene rings is 9. The average molecular weight is 757 g/mol. The van der Waals surface area contributed by atoms with Gasteiger partial charge in [-0.1, -0.05) is 194 Å². The Labute approximate surface area is 342 Å². The lowest BCUT2D eigenvalue weighted by atomic mass is 10.0. The first-order valence-corrected chi connectivity index (χ1v) is 21.6. The summed E-state index contributed by atoms with van der Waals surface area (Å²) >= 11 is 0. The summed E-state index contributed by atoms with van der Waals surface area (Å²) in [5.74, 6) is 0. The fourth-order valence-electron chi connectivity index (χ4n) is 8.20. The molecule has 0 spiro atoms. The van der Waals surface area contributed by atoms with Crippen LogP contribution in [0.1, 0.15) is 5.56 Å². The van der Waals surface area contributed by atoms with E-state index in [1.54, 1.807) is 0 Å². The second-order valence-corrected chi connectivity index (χ2v) is 18.3. The molecule has 0 fully saturated rings. The normalized spacial score (nSPS) is 11.1. The summed E-state index contributed by atoms with van der Waals surface area (Å²) in [7, 11) is -2.73. The molecule has 2 nitrogen and oxygen atoms in total. The van der Waals surface area contributed by atoms with Gasteiger partial charge < -0.3 is 4.90 Å². The number of rotatable bonds is 10. The van der Waals surface area contributed by atoms with Crippen LogP contribution in [0.5, 0.6) is 0 Å². The van der Waals surface area contributed by atoms with Crippen molar-refractivity contribution in [2.75, 3.05) is 4.90 Å². The molecule has 0 aliphatic rings. The third kappa shape index (κ3) is 7.06. The third-order valence-corrected chi connectivity index (χ3v) is 15.9. The monoisotopic (exact) mass is 756 g/mol. The molecule has 0 radical (unpaired) electrons. The summed E-state index contributed by atoms with van der Waals surface area (Å²) in [5.41, 5.74) is 11.0. The van der Waals surface area contributed by atoms with Crippen LogP contribution in [-0.4, -0.2) is 8.07 Å². The first kappa shape index (κ1) is 36.1. The first-order chi connectivity index (χ1) is 28.7. The minimum atomic E-state index is -2.73. The third-order valence-electron chi connectivity index (χ3n) is 11.1. The summed E-state index contributed by atoms with van der Waals surface area (Å²) < 4.78 is 0. The molecule has 0 unspecified atom stereocenters. The SMILES string of the molecule is N#Cc1ccc([Si](c2ccccc2)(c2ccccc2)c2ccc(-c3ccc(N(c4ccc(-c5ccccc5)cc4)c4ccc(-c5ccccc5)cc4)cc3)cc2)cc1. The Morgan fingerprint density at radius 2 is 0.534 bits per heavy atom. The molecule has 0 atom stereocenters. The van der Waals surface area contributed by atoms with Gasteiger partial charge in [-0.05, 0) is 103 Å². The van der Waals surface area contributed by atoms with E-state index in [-0.39, 0.29) is 0 Å². The van der Waals surface area contributed by atoms with E-state index in [4.69, 9.17) is 0 Å². The lowest BCUT2D eigenvalue weighted by molar-refractivity contribution is 1.28. The fourth-order valence-corrected chi connectivity index (χ4v) is 12.9. The van der Waals surface area contributed by atoms with Gasteiger partial charge in [-0.25, -0.2) is 0 Å². The Hall–Kier alpha value is -7.51. The molecule has 0 heterocycles. The smallest absolute Gasteiger partial charge is 0.179 e. The molecular formula is C55H40N2Si. The van der Waals surface area contributed by atoms with Crippen molar-refractivity contribution in [2.45, 2.75) is 0 Å². The highest BCUT2D eigenvalue weighted by molar-refractivity contribution is 7.19. The standard InChI is InChI=1S/C55H40N2Si/c56-41-42-21-37-54(38-22-42)58(52-17-9-3-10-18-52,53-19-11-4-12-20-53)55-39-29-48(30-40-55)47-27-35-51(36-28-47)57(49-31-23-45(24-32-49)43-13-5-1-6-14-43)50-33-25-46(26-34-50)44-15-7-2-8-16-44/h1-40H. The van der Waals surface area contributed by atoms with Crippen molar-refractivity contribution in [1.29, 1.82) is 5.26 Å². The van der Waals surface area contributed by atoms with Crippen LogP contribution < -0.4 is 25.6 Å². The predicted octanol–water partition coefficient (Wildman–Crippen LogP) is 11.4. The molecule has 3 heteroatoms. The zero-order valence-electron chi connectivity index (χ0n) is 32.0. The Morgan fingerprint density at radius 3 is 0.862 bits per heavy atom. The zero-order valence-corrected chi connectivity index (χ0v) is 33.0. The Morgan fingerprint density at radius 1 is 0.276 bits per heavy atom. The topological polar surface area (TPSA) is 27.0 Å². The summed E-state index contributed by atoms with van der Waals surface area (Å²) in [6.07, 6.45) is 0. The van der Waals surface area contributed by atoms with Gasteiger partial charge in [-0.2, -0.15) is 5.26 Å². The van der Waals surface area contributed by atoms with Gasteiger partial charge in [0.25, 0.3) is 0 Å². The van der Waals surface area contributed by atoms with Gasteiger partial charge in [0.2, 0.25) is 0 Å². The number of hydrogen-bond acceptors (Lipinski definition) is 2. The van der Waals surface area contributed by atoms with Gasteiger partial charge >= 0.3 is 0 Å². The molecule has 0 N–H and O–H groups in total. The molecule has 0 aliphatic carbocycles. The van der Waals surface area contributed by atoms with E-state index >= 15 is 0 Å². The lowest BCUT2D eigenvalue weighted by Crippen LogP contribution is -2.74. The van der Waals surface area contributed by atoms with Crippen molar-refractivity contribution in [3.63, 3.8) is 0 Å². The van der Waals surface area contributed by atoms with Crippen LogP contribution in [0.15, 0.2) is 243 Å². The highest BCUT2D eigenvalue weighted by atomic mass is 28.3. The van der Waals surface area contributed by atoms with E-state index in [0.717, 1.165) is 28.2 Å². The Balaban J connectivity index is 1.09. The van der Waals surface area contributed by atoms with Crippen LogP contribution in [0, 0.1) is 11.3 Å². The van der Waals surface area contributed by atoms with Gasteiger partial charge in [0, 0.05) is 17.1 Å². The molecule has 58 heavy (non-hydrogen) atoms. The molecule has 0 saturated heterocycles. The second kappa shape index (κ2) is 16.3. The maximum Gasteiger partial charge on any atom is 0.179 e. The first-order valence-electron chi connectivity index (χ1n) is 19.6. The minimum absolute atomic E-state index is 0.665. The van der Waals surface area contributed by atoms with Crippen molar-refractivity contribution in [3.8, 4) is 39.4 Å². The molecule has 274 valence electrons. The number of nitriles is 1. The number of anilines is 3. The van der Waals surface area contributed by atoms with Gasteiger partial charge in [-0.15, -0.1) is 0 Å². The van der Waals surface area contributed by atoms with Gasteiger partial charge in [0.1, 0.15) is 0 Å². The highest BCUT2D eigenvalue weighted by Gasteiger charge is 2.41. The van der Waals surface area contributed by atoms with E-state index in [1.807, 2.05) is 12.1 Å². The summed E-state index contributed by atoms with van der Waals surface area (Å²) in [5, 5.41) is 14.8. The van der Waals surface area contributed by atoms with E-state index in [2.05, 4.69) is 241 Å². The predicted molar refractivity (Wildman–Crippen MR) is 246 cm³/mol. The molecule has 9 aromatic rings. The van der Waals surface area contributed by atoms with Crippen LogP contribution in [0.25, 0.3) is 33.4 Å².